The molecule has 92 valence electrons. The molecule has 0 saturated heterocycles. The minimum absolute atomic E-state index is 0.792. The van der Waals surface area contributed by atoms with Gasteiger partial charge in [-0.1, -0.05) is 0 Å². The van der Waals surface area contributed by atoms with Gasteiger partial charge in [0.2, 0.25) is 0 Å². The Morgan fingerprint density at radius 2 is 1.20 bits per heavy atom. The average molecular weight is 236 g/mol. The summed E-state index contributed by atoms with van der Waals surface area (Å²) in [7, 11) is 10.8. The van der Waals surface area contributed by atoms with E-state index in [-0.39, 0.29) is 0 Å². The molecule has 0 radical (unpaired) electrons. The van der Waals surface area contributed by atoms with E-state index in [4.69, 9.17) is 0 Å². The van der Waals surface area contributed by atoms with E-state index in [0.717, 1.165) is 13.1 Å². The molecule has 15 heavy (non-hydrogen) atoms. The molecule has 0 amide bonds. The van der Waals surface area contributed by atoms with Crippen LogP contribution in [0, 0.1) is 0 Å². The molecule has 0 heterocycles. The fraction of sp³-hybridized carbons (Fsp3) is 1.00. The molecule has 5 nitrogen and oxygen atoms in total. The van der Waals surface area contributed by atoms with E-state index in [2.05, 4.69) is 4.90 Å². The molecular formula is C9H25N4OP. The fourth-order valence-corrected chi connectivity index (χ4v) is 3.73. The molecule has 6 heteroatoms. The zero-order valence-corrected chi connectivity index (χ0v) is 12.0. The van der Waals surface area contributed by atoms with Crippen molar-refractivity contribution < 1.29 is 4.57 Å². The maximum absolute atomic E-state index is 12.7. The Balaban J connectivity index is 4.58. The first-order valence-electron chi connectivity index (χ1n) is 5.05. The van der Waals surface area contributed by atoms with Crippen LogP contribution in [0.15, 0.2) is 0 Å². The predicted octanol–water partition coefficient (Wildman–Crippen LogP) is 0.711. The Morgan fingerprint density at radius 3 is 1.47 bits per heavy atom. The van der Waals surface area contributed by atoms with Crippen molar-refractivity contribution in [2.45, 2.75) is 0 Å². The molecule has 0 N–H and O–H groups in total. The van der Waals surface area contributed by atoms with E-state index in [1.54, 1.807) is 9.34 Å². The highest BCUT2D eigenvalue weighted by molar-refractivity contribution is 7.56. The van der Waals surface area contributed by atoms with Gasteiger partial charge in [0.1, 0.15) is 0 Å². The monoisotopic (exact) mass is 236 g/mol. The van der Waals surface area contributed by atoms with Crippen LogP contribution in [0.2, 0.25) is 0 Å². The first-order valence-corrected chi connectivity index (χ1v) is 6.61. The van der Waals surface area contributed by atoms with E-state index >= 15 is 0 Å². The molecule has 0 saturated carbocycles. The van der Waals surface area contributed by atoms with Crippen LogP contribution in [-0.2, 0) is 4.57 Å². The summed E-state index contributed by atoms with van der Waals surface area (Å²) in [6.07, 6.45) is 0. The SMILES string of the molecule is CN(C)CCN(C)P(=O)(N(C)C)N(C)C. The van der Waals surface area contributed by atoms with Gasteiger partial charge in [0.15, 0.2) is 0 Å². The second-order valence-electron chi connectivity index (χ2n) is 4.39. The van der Waals surface area contributed by atoms with Crippen LogP contribution in [0.25, 0.3) is 0 Å². The molecule has 0 bridgehead atoms. The minimum Gasteiger partial charge on any atom is -0.308 e. The molecule has 0 rings (SSSR count). The molecule has 0 fully saturated rings. The summed E-state index contributed by atoms with van der Waals surface area (Å²) in [6, 6.07) is 0. The maximum atomic E-state index is 12.7. The fourth-order valence-electron chi connectivity index (χ4n) is 1.44. The normalized spacial score (nSPS) is 13.5. The Bertz CT molecular complexity index is 218. The first-order chi connectivity index (χ1) is 6.72. The molecule has 0 aromatic heterocycles. The van der Waals surface area contributed by atoms with Crippen molar-refractivity contribution in [2.24, 2.45) is 0 Å². The average Bonchev–Trinajstić information content (AvgIpc) is 2.11. The van der Waals surface area contributed by atoms with E-state index in [1.807, 2.05) is 54.0 Å². The van der Waals surface area contributed by atoms with Gasteiger partial charge < -0.3 is 4.90 Å². The molecule has 0 unspecified atom stereocenters. The highest BCUT2D eigenvalue weighted by atomic mass is 31.2. The van der Waals surface area contributed by atoms with Crippen LogP contribution in [0.3, 0.4) is 0 Å². The standard InChI is InChI=1S/C9H25N4OP/c1-10(2)8-9-13(7)15(14,11(3)4)12(5)6/h8-9H2,1-7H3. The third kappa shape index (κ3) is 3.85. The van der Waals surface area contributed by atoms with Crippen LogP contribution in [0.5, 0.6) is 0 Å². The molecule has 0 aromatic carbocycles. The molecule has 0 aliphatic carbocycles. The van der Waals surface area contributed by atoms with Crippen LogP contribution in [0.4, 0.5) is 0 Å². The minimum atomic E-state index is -2.54. The van der Waals surface area contributed by atoms with Crippen molar-refractivity contribution in [3.05, 3.63) is 0 Å². The molecule has 0 aromatic rings. The number of hydrogen-bond acceptors (Lipinski definition) is 2. The van der Waals surface area contributed by atoms with Crippen molar-refractivity contribution in [1.82, 2.24) is 18.9 Å². The van der Waals surface area contributed by atoms with Gasteiger partial charge in [-0.2, -0.15) is 0 Å². The van der Waals surface area contributed by atoms with Crippen molar-refractivity contribution in [3.8, 4) is 0 Å². The van der Waals surface area contributed by atoms with Crippen LogP contribution < -0.4 is 0 Å². The lowest BCUT2D eigenvalue weighted by molar-refractivity contribution is 0.319. The van der Waals surface area contributed by atoms with E-state index < -0.39 is 7.59 Å². The summed E-state index contributed by atoms with van der Waals surface area (Å²) in [5.41, 5.74) is 0. The largest absolute Gasteiger partial charge is 0.308 e. The zero-order chi connectivity index (χ0) is 12.2. The number of likely N-dealkylation sites (N-methyl/N-ethyl adjacent to an activating group) is 2. The molecule has 0 aliphatic rings. The van der Waals surface area contributed by atoms with Crippen LogP contribution >= 0.6 is 7.59 Å². The first kappa shape index (κ1) is 15.1. The Kier molecular flexibility index (Phi) is 5.99. The molecular weight excluding hydrogens is 211 g/mol. The summed E-state index contributed by atoms with van der Waals surface area (Å²) in [4.78, 5) is 2.09. The Labute approximate surface area is 94.2 Å². The molecule has 0 atom stereocenters. The van der Waals surface area contributed by atoms with Crippen molar-refractivity contribution in [2.75, 3.05) is 62.4 Å². The quantitative estimate of drug-likeness (QED) is 0.634. The van der Waals surface area contributed by atoms with Crippen LogP contribution in [0.1, 0.15) is 0 Å². The van der Waals surface area contributed by atoms with Crippen LogP contribution in [-0.4, -0.2) is 81.3 Å². The second-order valence-corrected chi connectivity index (χ2v) is 7.70. The number of nitrogens with zero attached hydrogens (tertiary/aromatic N) is 4. The van der Waals surface area contributed by atoms with Gasteiger partial charge in [0, 0.05) is 13.1 Å². The van der Waals surface area contributed by atoms with E-state index in [0.29, 0.717) is 0 Å². The predicted molar refractivity (Wildman–Crippen MR) is 66.2 cm³/mol. The topological polar surface area (TPSA) is 30.0 Å². The van der Waals surface area contributed by atoms with Crippen molar-refractivity contribution >= 4 is 7.59 Å². The highest BCUT2D eigenvalue weighted by Crippen LogP contribution is 2.51. The van der Waals surface area contributed by atoms with E-state index in [1.165, 1.54) is 0 Å². The summed E-state index contributed by atoms with van der Waals surface area (Å²) < 4.78 is 18.2. The van der Waals surface area contributed by atoms with Crippen molar-refractivity contribution in [3.63, 3.8) is 0 Å². The Morgan fingerprint density at radius 1 is 0.800 bits per heavy atom. The third-order valence-corrected chi connectivity index (χ3v) is 5.53. The third-order valence-electron chi connectivity index (χ3n) is 2.36. The highest BCUT2D eigenvalue weighted by Gasteiger charge is 2.32. The smallest absolute Gasteiger partial charge is 0.285 e. The summed E-state index contributed by atoms with van der Waals surface area (Å²) in [5, 5.41) is 0. The van der Waals surface area contributed by atoms with Gasteiger partial charge in [-0.3, -0.25) is 4.57 Å². The van der Waals surface area contributed by atoms with Gasteiger partial charge in [0.25, 0.3) is 7.59 Å². The zero-order valence-electron chi connectivity index (χ0n) is 11.1. The van der Waals surface area contributed by atoms with E-state index in [9.17, 15) is 4.57 Å². The lowest BCUT2D eigenvalue weighted by Crippen LogP contribution is -2.36. The maximum Gasteiger partial charge on any atom is 0.285 e. The summed E-state index contributed by atoms with van der Waals surface area (Å²) in [5.74, 6) is 0. The van der Waals surface area contributed by atoms with Gasteiger partial charge in [-0.05, 0) is 49.3 Å². The molecule has 0 aliphatic heterocycles. The van der Waals surface area contributed by atoms with Gasteiger partial charge >= 0.3 is 0 Å². The summed E-state index contributed by atoms with van der Waals surface area (Å²) in [6.45, 7) is 1.70. The van der Waals surface area contributed by atoms with Gasteiger partial charge in [-0.15, -0.1) is 0 Å². The number of rotatable bonds is 6. The second kappa shape index (κ2) is 5.97. The van der Waals surface area contributed by atoms with Crippen molar-refractivity contribution in [1.29, 1.82) is 0 Å². The lowest BCUT2D eigenvalue weighted by Gasteiger charge is -2.37. The Hall–Kier alpha value is 0.0700. The number of hydrogen-bond donors (Lipinski definition) is 0. The molecule has 0 spiro atoms. The van der Waals surface area contributed by atoms with Gasteiger partial charge in [0.05, 0.1) is 0 Å². The van der Waals surface area contributed by atoms with Gasteiger partial charge in [-0.25, -0.2) is 14.0 Å². The summed E-state index contributed by atoms with van der Waals surface area (Å²) >= 11 is 0. The lowest BCUT2D eigenvalue weighted by atomic mass is 10.6.